The summed E-state index contributed by atoms with van der Waals surface area (Å²) in [6.45, 7) is 5.58. The minimum absolute atomic E-state index is 0.0125. The lowest BCUT2D eigenvalue weighted by molar-refractivity contribution is -0.119. The van der Waals surface area contributed by atoms with Crippen molar-refractivity contribution in [1.29, 1.82) is 0 Å². The van der Waals surface area contributed by atoms with Gasteiger partial charge in [0.1, 0.15) is 0 Å². The summed E-state index contributed by atoms with van der Waals surface area (Å²) < 4.78 is 28.5. The Kier molecular flexibility index (Phi) is 5.17. The van der Waals surface area contributed by atoms with E-state index in [0.717, 1.165) is 17.7 Å². The summed E-state index contributed by atoms with van der Waals surface area (Å²) in [5.74, 6) is -0.220. The van der Waals surface area contributed by atoms with Crippen LogP contribution in [0.1, 0.15) is 17.5 Å². The van der Waals surface area contributed by atoms with Crippen molar-refractivity contribution in [2.45, 2.75) is 31.3 Å². The van der Waals surface area contributed by atoms with Gasteiger partial charge in [-0.1, -0.05) is 0 Å². The lowest BCUT2D eigenvalue weighted by atomic mass is 10.1. The van der Waals surface area contributed by atoms with E-state index < -0.39 is 10.0 Å². The quantitative estimate of drug-likeness (QED) is 0.735. The van der Waals surface area contributed by atoms with Gasteiger partial charge in [-0.05, 0) is 37.1 Å². The molecule has 1 aromatic carbocycles. The van der Waals surface area contributed by atoms with Crippen molar-refractivity contribution < 1.29 is 17.9 Å². The van der Waals surface area contributed by atoms with E-state index in [1.54, 1.807) is 6.92 Å². The fourth-order valence-electron chi connectivity index (χ4n) is 2.28. The second-order valence-corrected chi connectivity index (χ2v) is 6.97. The predicted octanol–water partition coefficient (Wildman–Crippen LogP) is 0.268. The fraction of sp³-hybridized carbons (Fsp3) is 0.500. The van der Waals surface area contributed by atoms with E-state index in [1.807, 2.05) is 6.92 Å². The Hall–Kier alpha value is -1.48. The first-order valence-corrected chi connectivity index (χ1v) is 8.58. The number of rotatable bonds is 4. The van der Waals surface area contributed by atoms with Crippen molar-refractivity contribution in [3.8, 4) is 0 Å². The molecular weight excluding hydrogens is 306 g/mol. The highest BCUT2D eigenvalue weighted by molar-refractivity contribution is 7.89. The van der Waals surface area contributed by atoms with Gasteiger partial charge >= 0.3 is 0 Å². The van der Waals surface area contributed by atoms with Gasteiger partial charge in [0.15, 0.2) is 0 Å². The van der Waals surface area contributed by atoms with Crippen LogP contribution < -0.4 is 15.8 Å². The summed E-state index contributed by atoms with van der Waals surface area (Å²) in [6.07, 6.45) is 0.0435. The normalized spacial score (nSPS) is 19.0. The summed E-state index contributed by atoms with van der Waals surface area (Å²) in [4.78, 5) is 12.1. The van der Waals surface area contributed by atoms with Crippen molar-refractivity contribution >= 4 is 21.6 Å². The molecule has 1 heterocycles. The van der Waals surface area contributed by atoms with Crippen molar-refractivity contribution in [3.63, 3.8) is 0 Å². The molecule has 0 saturated carbocycles. The topological polar surface area (TPSA) is 111 Å². The number of sulfonamides is 1. The van der Waals surface area contributed by atoms with E-state index in [0.29, 0.717) is 18.8 Å². The van der Waals surface area contributed by atoms with Crippen LogP contribution in [0.25, 0.3) is 0 Å². The van der Waals surface area contributed by atoms with Crippen LogP contribution in [0.15, 0.2) is 17.0 Å². The lowest BCUT2D eigenvalue weighted by Crippen LogP contribution is -2.40. The van der Waals surface area contributed by atoms with Crippen LogP contribution in [0.4, 0.5) is 5.69 Å². The molecule has 22 heavy (non-hydrogen) atoms. The second kappa shape index (κ2) is 6.74. The molecule has 8 heteroatoms. The summed E-state index contributed by atoms with van der Waals surface area (Å²) in [6, 6.07) is 2.88. The molecule has 0 spiro atoms. The average molecular weight is 327 g/mol. The van der Waals surface area contributed by atoms with Crippen molar-refractivity contribution in [3.05, 3.63) is 23.3 Å². The fourth-order valence-corrected chi connectivity index (χ4v) is 2.90. The number of nitrogens with two attached hydrogens (primary N) is 1. The minimum Gasteiger partial charge on any atom is -0.375 e. The molecular formula is C14H21N3O4S. The molecule has 1 saturated heterocycles. The van der Waals surface area contributed by atoms with Crippen LogP contribution in [-0.4, -0.2) is 40.1 Å². The summed E-state index contributed by atoms with van der Waals surface area (Å²) in [5.41, 5.74) is 2.01. The minimum atomic E-state index is -3.81. The number of primary sulfonamides is 1. The van der Waals surface area contributed by atoms with Gasteiger partial charge in [0.2, 0.25) is 15.9 Å². The summed E-state index contributed by atoms with van der Waals surface area (Å²) in [7, 11) is -3.81. The third-order valence-corrected chi connectivity index (χ3v) is 4.55. The number of anilines is 1. The maximum Gasteiger partial charge on any atom is 0.238 e. The molecule has 1 unspecified atom stereocenters. The highest BCUT2D eigenvalue weighted by Gasteiger charge is 2.19. The first-order valence-electron chi connectivity index (χ1n) is 7.03. The smallest absolute Gasteiger partial charge is 0.238 e. The van der Waals surface area contributed by atoms with Crippen molar-refractivity contribution in [1.82, 2.24) is 5.32 Å². The van der Waals surface area contributed by atoms with Crippen LogP contribution in [0.2, 0.25) is 0 Å². The van der Waals surface area contributed by atoms with E-state index in [9.17, 15) is 13.2 Å². The standard InChI is InChI=1S/C14H21N3O4S/c1-9-5-12(22(15,19)20)7-13(10(9)2)17-14(18)6-11-8-16-3-4-21-11/h5,7,11,16H,3-4,6,8H2,1-2H3,(H,17,18)(H2,15,19,20). The molecule has 1 atom stereocenters. The average Bonchev–Trinajstić information content (AvgIpc) is 2.43. The number of carbonyl (C=O) groups is 1. The molecule has 1 aromatic rings. The monoisotopic (exact) mass is 327 g/mol. The molecule has 2 rings (SSSR count). The zero-order chi connectivity index (χ0) is 16.3. The maximum absolute atomic E-state index is 12.1. The number of benzene rings is 1. The molecule has 1 aliphatic rings. The molecule has 7 nitrogen and oxygen atoms in total. The van der Waals surface area contributed by atoms with Crippen LogP contribution in [0.3, 0.4) is 0 Å². The van der Waals surface area contributed by atoms with E-state index in [1.165, 1.54) is 12.1 Å². The van der Waals surface area contributed by atoms with Gasteiger partial charge in [0, 0.05) is 18.8 Å². The van der Waals surface area contributed by atoms with E-state index in [4.69, 9.17) is 9.88 Å². The van der Waals surface area contributed by atoms with E-state index in [2.05, 4.69) is 10.6 Å². The van der Waals surface area contributed by atoms with Crippen LogP contribution in [-0.2, 0) is 19.6 Å². The van der Waals surface area contributed by atoms with Crippen molar-refractivity contribution in [2.75, 3.05) is 25.0 Å². The number of morpholine rings is 1. The van der Waals surface area contributed by atoms with Crippen LogP contribution in [0, 0.1) is 13.8 Å². The van der Waals surface area contributed by atoms with Gasteiger partial charge < -0.3 is 15.4 Å². The number of hydrogen-bond donors (Lipinski definition) is 3. The Morgan fingerprint density at radius 3 is 2.77 bits per heavy atom. The first kappa shape index (κ1) is 16.9. The van der Waals surface area contributed by atoms with E-state index >= 15 is 0 Å². The summed E-state index contributed by atoms with van der Waals surface area (Å²) in [5, 5.41) is 11.1. The number of aryl methyl sites for hydroxylation is 1. The van der Waals surface area contributed by atoms with E-state index in [-0.39, 0.29) is 23.3 Å². The number of nitrogens with one attached hydrogen (secondary N) is 2. The third-order valence-electron chi connectivity index (χ3n) is 3.66. The van der Waals surface area contributed by atoms with Gasteiger partial charge in [-0.25, -0.2) is 13.6 Å². The largest absolute Gasteiger partial charge is 0.375 e. The molecule has 1 fully saturated rings. The van der Waals surface area contributed by atoms with Gasteiger partial charge in [-0.2, -0.15) is 0 Å². The zero-order valence-electron chi connectivity index (χ0n) is 12.7. The summed E-state index contributed by atoms with van der Waals surface area (Å²) >= 11 is 0. The van der Waals surface area contributed by atoms with Crippen LogP contribution in [0.5, 0.6) is 0 Å². The Bertz CT molecular complexity index is 667. The number of amides is 1. The molecule has 0 radical (unpaired) electrons. The molecule has 4 N–H and O–H groups in total. The van der Waals surface area contributed by atoms with Crippen molar-refractivity contribution in [2.24, 2.45) is 5.14 Å². The van der Waals surface area contributed by atoms with Gasteiger partial charge in [-0.3, -0.25) is 4.79 Å². The Labute approximate surface area is 130 Å². The first-order chi connectivity index (χ1) is 10.3. The van der Waals surface area contributed by atoms with Gasteiger partial charge in [-0.15, -0.1) is 0 Å². The molecule has 0 aromatic heterocycles. The van der Waals surface area contributed by atoms with Crippen LogP contribution >= 0.6 is 0 Å². The highest BCUT2D eigenvalue weighted by Crippen LogP contribution is 2.23. The molecule has 0 bridgehead atoms. The molecule has 1 amide bonds. The molecule has 0 aliphatic carbocycles. The second-order valence-electron chi connectivity index (χ2n) is 5.41. The number of hydrogen-bond acceptors (Lipinski definition) is 5. The number of ether oxygens (including phenoxy) is 1. The Balaban J connectivity index is 2.14. The SMILES string of the molecule is Cc1cc(S(N)(=O)=O)cc(NC(=O)CC2CNCCO2)c1C. The zero-order valence-corrected chi connectivity index (χ0v) is 13.5. The van der Waals surface area contributed by atoms with Gasteiger partial charge in [0.25, 0.3) is 0 Å². The third kappa shape index (κ3) is 4.26. The Morgan fingerprint density at radius 2 is 2.18 bits per heavy atom. The highest BCUT2D eigenvalue weighted by atomic mass is 32.2. The molecule has 122 valence electrons. The Morgan fingerprint density at radius 1 is 1.45 bits per heavy atom. The molecule has 1 aliphatic heterocycles. The van der Waals surface area contributed by atoms with Gasteiger partial charge in [0.05, 0.1) is 24.0 Å². The number of carbonyl (C=O) groups excluding carboxylic acids is 1. The maximum atomic E-state index is 12.1. The lowest BCUT2D eigenvalue weighted by Gasteiger charge is -2.23. The predicted molar refractivity (Wildman–Crippen MR) is 83.1 cm³/mol.